The lowest BCUT2D eigenvalue weighted by molar-refractivity contribution is -0.0383. The van der Waals surface area contributed by atoms with Crippen LogP contribution in [-0.4, -0.2) is 11.4 Å². The quantitative estimate of drug-likeness (QED) is 0.732. The van der Waals surface area contributed by atoms with Crippen LogP contribution in [0.1, 0.15) is 30.9 Å². The zero-order chi connectivity index (χ0) is 9.80. The highest BCUT2D eigenvalue weighted by molar-refractivity contribution is 9.09. The van der Waals surface area contributed by atoms with Crippen LogP contribution in [0.15, 0.2) is 30.3 Å². The maximum absolute atomic E-state index is 5.97. The van der Waals surface area contributed by atoms with Crippen molar-refractivity contribution in [3.63, 3.8) is 0 Å². The molecule has 1 aliphatic rings. The van der Waals surface area contributed by atoms with Crippen molar-refractivity contribution < 1.29 is 4.74 Å². The Kier molecular flexibility index (Phi) is 3.60. The molecule has 76 valence electrons. The molecule has 1 heterocycles. The highest BCUT2D eigenvalue weighted by atomic mass is 79.9. The third kappa shape index (κ3) is 2.37. The van der Waals surface area contributed by atoms with Crippen molar-refractivity contribution in [2.45, 2.75) is 31.5 Å². The molecular formula is C12H15BrO. The van der Waals surface area contributed by atoms with Crippen molar-refractivity contribution in [1.29, 1.82) is 0 Å². The molecule has 0 bridgehead atoms. The van der Waals surface area contributed by atoms with E-state index >= 15 is 0 Å². The fraction of sp³-hybridized carbons (Fsp3) is 0.500. The van der Waals surface area contributed by atoms with Crippen LogP contribution < -0.4 is 0 Å². The number of rotatable bonds is 2. The Hall–Kier alpha value is -0.340. The van der Waals surface area contributed by atoms with Gasteiger partial charge in [0.2, 0.25) is 0 Å². The summed E-state index contributed by atoms with van der Waals surface area (Å²) in [6, 6.07) is 10.5. The fourth-order valence-corrected chi connectivity index (χ4v) is 2.40. The van der Waals surface area contributed by atoms with E-state index in [1.54, 1.807) is 0 Å². The topological polar surface area (TPSA) is 9.23 Å². The molecule has 1 saturated heterocycles. The SMILES string of the molecule is BrCC1CCCC(c2ccccc2)O1. The molecule has 2 rings (SSSR count). The average Bonchev–Trinajstić information content (AvgIpc) is 2.30. The van der Waals surface area contributed by atoms with Crippen LogP contribution in [0.3, 0.4) is 0 Å². The smallest absolute Gasteiger partial charge is 0.0829 e. The summed E-state index contributed by atoms with van der Waals surface area (Å²) in [6.45, 7) is 0. The number of halogens is 1. The van der Waals surface area contributed by atoms with Crippen molar-refractivity contribution >= 4 is 15.9 Å². The van der Waals surface area contributed by atoms with Crippen molar-refractivity contribution in [1.82, 2.24) is 0 Å². The molecule has 1 nitrogen and oxygen atoms in total. The van der Waals surface area contributed by atoms with Gasteiger partial charge in [0.15, 0.2) is 0 Å². The summed E-state index contributed by atoms with van der Waals surface area (Å²) in [7, 11) is 0. The predicted molar refractivity (Wildman–Crippen MR) is 61.7 cm³/mol. The molecule has 2 heteroatoms. The third-order valence-electron chi connectivity index (χ3n) is 2.69. The maximum Gasteiger partial charge on any atom is 0.0829 e. The minimum Gasteiger partial charge on any atom is -0.369 e. The first-order valence-corrected chi connectivity index (χ1v) is 6.28. The molecule has 0 saturated carbocycles. The van der Waals surface area contributed by atoms with Gasteiger partial charge in [0.1, 0.15) is 0 Å². The van der Waals surface area contributed by atoms with Crippen molar-refractivity contribution in [3.05, 3.63) is 35.9 Å². The molecule has 1 aliphatic heterocycles. The molecule has 0 aliphatic carbocycles. The van der Waals surface area contributed by atoms with Crippen LogP contribution in [0.25, 0.3) is 0 Å². The molecule has 0 aromatic heterocycles. The first-order chi connectivity index (χ1) is 6.90. The molecule has 2 atom stereocenters. The summed E-state index contributed by atoms with van der Waals surface area (Å²) < 4.78 is 5.97. The summed E-state index contributed by atoms with van der Waals surface area (Å²) >= 11 is 3.49. The first kappa shape index (κ1) is 10.2. The van der Waals surface area contributed by atoms with Crippen LogP contribution in [0.2, 0.25) is 0 Å². The maximum atomic E-state index is 5.97. The van der Waals surface area contributed by atoms with Gasteiger partial charge in [-0.1, -0.05) is 46.3 Å². The molecule has 1 aromatic carbocycles. The van der Waals surface area contributed by atoms with Gasteiger partial charge in [0.05, 0.1) is 12.2 Å². The molecule has 0 amide bonds. The highest BCUT2D eigenvalue weighted by Gasteiger charge is 2.22. The average molecular weight is 255 g/mol. The Labute approximate surface area is 93.6 Å². The lowest BCUT2D eigenvalue weighted by Gasteiger charge is -2.29. The predicted octanol–water partition coefficient (Wildman–Crippen LogP) is 3.69. The lowest BCUT2D eigenvalue weighted by Crippen LogP contribution is -2.23. The van der Waals surface area contributed by atoms with Gasteiger partial charge in [-0.15, -0.1) is 0 Å². The highest BCUT2D eigenvalue weighted by Crippen LogP contribution is 2.31. The minimum absolute atomic E-state index is 0.312. The van der Waals surface area contributed by atoms with Crippen LogP contribution in [0, 0.1) is 0 Å². The molecule has 14 heavy (non-hydrogen) atoms. The Morgan fingerprint density at radius 3 is 2.71 bits per heavy atom. The Morgan fingerprint density at radius 2 is 2.00 bits per heavy atom. The van der Waals surface area contributed by atoms with Gasteiger partial charge >= 0.3 is 0 Å². The second kappa shape index (κ2) is 4.94. The molecular weight excluding hydrogens is 240 g/mol. The number of ether oxygens (including phenoxy) is 1. The monoisotopic (exact) mass is 254 g/mol. The van der Waals surface area contributed by atoms with Gasteiger partial charge in [0.25, 0.3) is 0 Å². The second-order valence-electron chi connectivity index (χ2n) is 3.74. The number of benzene rings is 1. The van der Waals surface area contributed by atoms with E-state index in [0.29, 0.717) is 12.2 Å². The van der Waals surface area contributed by atoms with E-state index < -0.39 is 0 Å². The minimum atomic E-state index is 0.312. The zero-order valence-electron chi connectivity index (χ0n) is 8.16. The molecule has 1 fully saturated rings. The zero-order valence-corrected chi connectivity index (χ0v) is 9.74. The summed E-state index contributed by atoms with van der Waals surface area (Å²) in [4.78, 5) is 0. The Balaban J connectivity index is 2.04. The Bertz CT molecular complexity index is 273. The fourth-order valence-electron chi connectivity index (χ4n) is 1.93. The third-order valence-corrected chi connectivity index (χ3v) is 3.41. The van der Waals surface area contributed by atoms with E-state index in [-0.39, 0.29) is 0 Å². The van der Waals surface area contributed by atoms with E-state index in [1.165, 1.54) is 18.4 Å². The van der Waals surface area contributed by atoms with Gasteiger partial charge in [-0.05, 0) is 24.8 Å². The van der Waals surface area contributed by atoms with Gasteiger partial charge in [0, 0.05) is 5.33 Å². The molecule has 2 unspecified atom stereocenters. The summed E-state index contributed by atoms with van der Waals surface area (Å²) in [6.07, 6.45) is 4.33. The standard InChI is InChI=1S/C12H15BrO/c13-9-11-7-4-8-12(14-11)10-5-2-1-3-6-10/h1-3,5-6,11-12H,4,7-9H2. The van der Waals surface area contributed by atoms with Crippen molar-refractivity contribution in [2.75, 3.05) is 5.33 Å². The first-order valence-electron chi connectivity index (χ1n) is 5.16. The number of hydrogen-bond acceptors (Lipinski definition) is 1. The van der Waals surface area contributed by atoms with E-state index in [2.05, 4.69) is 40.2 Å². The largest absolute Gasteiger partial charge is 0.369 e. The van der Waals surface area contributed by atoms with E-state index in [0.717, 1.165) is 11.8 Å². The van der Waals surface area contributed by atoms with Gasteiger partial charge in [-0.25, -0.2) is 0 Å². The van der Waals surface area contributed by atoms with E-state index in [9.17, 15) is 0 Å². The molecule has 1 aromatic rings. The van der Waals surface area contributed by atoms with Crippen molar-refractivity contribution in [3.8, 4) is 0 Å². The van der Waals surface area contributed by atoms with Gasteiger partial charge in [-0.2, -0.15) is 0 Å². The summed E-state index contributed by atoms with van der Waals surface area (Å²) in [5.74, 6) is 0. The summed E-state index contributed by atoms with van der Waals surface area (Å²) in [5.41, 5.74) is 1.32. The van der Waals surface area contributed by atoms with Crippen LogP contribution in [0.4, 0.5) is 0 Å². The van der Waals surface area contributed by atoms with E-state index in [1.807, 2.05) is 6.07 Å². The molecule has 0 spiro atoms. The number of alkyl halides is 1. The second-order valence-corrected chi connectivity index (χ2v) is 4.39. The van der Waals surface area contributed by atoms with Crippen LogP contribution in [-0.2, 0) is 4.74 Å². The van der Waals surface area contributed by atoms with Crippen molar-refractivity contribution in [2.24, 2.45) is 0 Å². The van der Waals surface area contributed by atoms with Crippen LogP contribution in [0.5, 0.6) is 0 Å². The summed E-state index contributed by atoms with van der Waals surface area (Å²) in [5, 5.41) is 0.955. The normalized spacial score (nSPS) is 27.5. The lowest BCUT2D eigenvalue weighted by atomic mass is 9.99. The molecule has 0 N–H and O–H groups in total. The Morgan fingerprint density at radius 1 is 1.21 bits per heavy atom. The van der Waals surface area contributed by atoms with E-state index in [4.69, 9.17) is 4.74 Å². The van der Waals surface area contributed by atoms with Crippen LogP contribution >= 0.6 is 15.9 Å². The molecule has 0 radical (unpaired) electrons. The van der Waals surface area contributed by atoms with Gasteiger partial charge in [-0.3, -0.25) is 0 Å². The number of hydrogen-bond donors (Lipinski definition) is 0. The van der Waals surface area contributed by atoms with Gasteiger partial charge < -0.3 is 4.74 Å².